The average Bonchev–Trinajstić information content (AvgIpc) is 2.22. The van der Waals surface area contributed by atoms with Crippen molar-refractivity contribution >= 4 is 12.3 Å². The minimum Gasteiger partial charge on any atom is -0.394 e. The summed E-state index contributed by atoms with van der Waals surface area (Å²) in [4.78, 5) is 20.8. The van der Waals surface area contributed by atoms with Crippen LogP contribution >= 0.6 is 0 Å². The lowest BCUT2D eigenvalue weighted by molar-refractivity contribution is -0.119. The quantitative estimate of drug-likeness (QED) is 0.254. The van der Waals surface area contributed by atoms with Gasteiger partial charge in [0, 0.05) is 0 Å². The Kier molecular flexibility index (Phi) is 5.79. The number of aliphatic hydroxyl groups excluding tert-OH is 4. The van der Waals surface area contributed by atoms with Crippen LogP contribution in [0, 0.1) is 0 Å². The smallest absolute Gasteiger partial charge is 0.312 e. The zero-order chi connectivity index (χ0) is 12.0. The Morgan fingerprint density at radius 1 is 1.33 bits per heavy atom. The number of nitrogens with two attached hydrogens (primary N) is 1. The molecule has 4 atom stereocenters. The van der Waals surface area contributed by atoms with Crippen molar-refractivity contribution in [2.24, 2.45) is 5.73 Å². The lowest BCUT2D eigenvalue weighted by atomic mass is 10.0. The van der Waals surface area contributed by atoms with Crippen LogP contribution in [0.1, 0.15) is 0 Å². The number of hydrogen-bond acceptors (Lipinski definition) is 6. The largest absolute Gasteiger partial charge is 0.394 e. The van der Waals surface area contributed by atoms with Gasteiger partial charge in [-0.05, 0) is 0 Å². The van der Waals surface area contributed by atoms with Crippen molar-refractivity contribution in [3.63, 3.8) is 0 Å². The first kappa shape index (κ1) is 13.8. The highest BCUT2D eigenvalue weighted by atomic mass is 16.4. The number of carbonyl (C=O) groups excluding carboxylic acids is 2. The third kappa shape index (κ3) is 4.21. The predicted molar refractivity (Wildman–Crippen MR) is 47.7 cm³/mol. The summed E-state index contributed by atoms with van der Waals surface area (Å²) >= 11 is 0. The number of nitrogens with one attached hydrogen (secondary N) is 1. The molecule has 15 heavy (non-hydrogen) atoms. The molecule has 0 aliphatic heterocycles. The summed E-state index contributed by atoms with van der Waals surface area (Å²) in [6.07, 6.45) is -4.98. The van der Waals surface area contributed by atoms with Gasteiger partial charge in [-0.15, -0.1) is 0 Å². The molecule has 0 aliphatic rings. The molecule has 0 aromatic heterocycles. The van der Waals surface area contributed by atoms with Crippen LogP contribution in [0.4, 0.5) is 4.79 Å². The van der Waals surface area contributed by atoms with Crippen LogP contribution < -0.4 is 11.1 Å². The van der Waals surface area contributed by atoms with Crippen LogP contribution in [0.25, 0.3) is 0 Å². The Labute approximate surface area is 85.3 Å². The molecule has 0 bridgehead atoms. The summed E-state index contributed by atoms with van der Waals surface area (Å²) in [6.45, 7) is -0.791. The Balaban J connectivity index is 4.42. The first-order valence-electron chi connectivity index (χ1n) is 4.10. The zero-order valence-corrected chi connectivity index (χ0v) is 7.78. The monoisotopic (exact) mass is 222 g/mol. The standard InChI is InChI=1S/C7H14N2O6/c8-7(15)9-3(1-10)5(13)6(14)4(12)2-11/h1,3-6,11-14H,2H2,(H3,8,9,15)/t3-,4+,5+,6+/m0/s1. The van der Waals surface area contributed by atoms with Crippen LogP contribution in [-0.2, 0) is 4.79 Å². The van der Waals surface area contributed by atoms with Gasteiger partial charge < -0.3 is 36.3 Å². The highest BCUT2D eigenvalue weighted by molar-refractivity contribution is 5.76. The molecule has 8 nitrogen and oxygen atoms in total. The molecule has 88 valence electrons. The Hall–Kier alpha value is -1.22. The second kappa shape index (κ2) is 6.30. The van der Waals surface area contributed by atoms with Crippen LogP contribution in [0.15, 0.2) is 0 Å². The molecule has 0 heterocycles. The van der Waals surface area contributed by atoms with E-state index in [-0.39, 0.29) is 6.29 Å². The molecule has 0 aromatic carbocycles. The van der Waals surface area contributed by atoms with Gasteiger partial charge in [0.15, 0.2) is 0 Å². The van der Waals surface area contributed by atoms with Crippen molar-refractivity contribution in [1.82, 2.24) is 5.32 Å². The van der Waals surface area contributed by atoms with Gasteiger partial charge in [0.1, 0.15) is 30.6 Å². The van der Waals surface area contributed by atoms with Crippen LogP contribution in [-0.4, -0.2) is 63.7 Å². The molecular formula is C7H14N2O6. The highest BCUT2D eigenvalue weighted by Crippen LogP contribution is 2.03. The summed E-state index contributed by atoms with van der Waals surface area (Å²) < 4.78 is 0. The maximum Gasteiger partial charge on any atom is 0.312 e. The minimum atomic E-state index is -1.77. The molecular weight excluding hydrogens is 208 g/mol. The van der Waals surface area contributed by atoms with E-state index in [2.05, 4.69) is 0 Å². The van der Waals surface area contributed by atoms with E-state index in [1.54, 1.807) is 0 Å². The van der Waals surface area contributed by atoms with Crippen molar-refractivity contribution in [2.45, 2.75) is 24.4 Å². The fourth-order valence-electron chi connectivity index (χ4n) is 0.912. The summed E-state index contributed by atoms with van der Waals surface area (Å²) in [6, 6.07) is -2.50. The number of aliphatic hydroxyl groups is 4. The third-order valence-electron chi connectivity index (χ3n) is 1.75. The summed E-state index contributed by atoms with van der Waals surface area (Å²) in [5.74, 6) is 0. The SMILES string of the molecule is NC(=O)N[C@@H](C=O)[C@@H](O)[C@H](O)[C@H](O)CO. The van der Waals surface area contributed by atoms with Crippen molar-refractivity contribution in [1.29, 1.82) is 0 Å². The number of aldehydes is 1. The van der Waals surface area contributed by atoms with Gasteiger partial charge in [0.25, 0.3) is 0 Å². The molecule has 2 amide bonds. The third-order valence-corrected chi connectivity index (χ3v) is 1.75. The second-order valence-corrected chi connectivity index (χ2v) is 2.90. The summed E-state index contributed by atoms with van der Waals surface area (Å²) in [7, 11) is 0. The molecule has 0 saturated heterocycles. The van der Waals surface area contributed by atoms with Gasteiger partial charge in [-0.1, -0.05) is 0 Å². The van der Waals surface area contributed by atoms with E-state index in [1.807, 2.05) is 5.32 Å². The molecule has 0 rings (SSSR count). The maximum atomic E-state index is 10.4. The number of urea groups is 1. The lowest BCUT2D eigenvalue weighted by Gasteiger charge is -2.25. The van der Waals surface area contributed by atoms with E-state index in [0.717, 1.165) is 0 Å². The Bertz CT molecular complexity index is 224. The topological polar surface area (TPSA) is 153 Å². The molecule has 0 aromatic rings. The van der Waals surface area contributed by atoms with Crippen LogP contribution in [0.3, 0.4) is 0 Å². The number of primary amides is 1. The van der Waals surface area contributed by atoms with Gasteiger partial charge in [0.05, 0.1) is 6.61 Å². The van der Waals surface area contributed by atoms with Gasteiger partial charge >= 0.3 is 6.03 Å². The van der Waals surface area contributed by atoms with Gasteiger partial charge in [-0.25, -0.2) is 4.79 Å². The zero-order valence-electron chi connectivity index (χ0n) is 7.78. The molecule has 0 saturated carbocycles. The van der Waals surface area contributed by atoms with Crippen LogP contribution in [0.5, 0.6) is 0 Å². The van der Waals surface area contributed by atoms with Crippen molar-refractivity contribution < 1.29 is 30.0 Å². The Morgan fingerprint density at radius 3 is 2.20 bits per heavy atom. The first-order valence-corrected chi connectivity index (χ1v) is 4.10. The lowest BCUT2D eigenvalue weighted by Crippen LogP contribution is -2.54. The van der Waals surface area contributed by atoms with Gasteiger partial charge in [-0.3, -0.25) is 0 Å². The van der Waals surface area contributed by atoms with E-state index in [9.17, 15) is 19.8 Å². The number of hydrogen-bond donors (Lipinski definition) is 6. The molecule has 0 aliphatic carbocycles. The summed E-state index contributed by atoms with van der Waals surface area (Å²) in [5, 5.41) is 37.8. The average molecular weight is 222 g/mol. The van der Waals surface area contributed by atoms with E-state index >= 15 is 0 Å². The van der Waals surface area contributed by atoms with Crippen molar-refractivity contribution in [2.75, 3.05) is 6.61 Å². The van der Waals surface area contributed by atoms with E-state index in [0.29, 0.717) is 0 Å². The molecule has 0 fully saturated rings. The predicted octanol–water partition coefficient (Wildman–Crippen LogP) is -3.70. The normalized spacial score (nSPS) is 18.7. The Morgan fingerprint density at radius 2 is 1.87 bits per heavy atom. The summed E-state index contributed by atoms with van der Waals surface area (Å²) in [5.41, 5.74) is 4.70. The fourth-order valence-corrected chi connectivity index (χ4v) is 0.912. The van der Waals surface area contributed by atoms with Crippen LogP contribution in [0.2, 0.25) is 0 Å². The minimum absolute atomic E-state index is 0.155. The fraction of sp³-hybridized carbons (Fsp3) is 0.714. The van der Waals surface area contributed by atoms with E-state index < -0.39 is 37.0 Å². The van der Waals surface area contributed by atoms with Gasteiger partial charge in [-0.2, -0.15) is 0 Å². The number of carbonyl (C=O) groups is 2. The number of amides is 2. The van der Waals surface area contributed by atoms with Crippen molar-refractivity contribution in [3.05, 3.63) is 0 Å². The van der Waals surface area contributed by atoms with E-state index in [1.165, 1.54) is 0 Å². The van der Waals surface area contributed by atoms with E-state index in [4.69, 9.17) is 15.9 Å². The highest BCUT2D eigenvalue weighted by Gasteiger charge is 2.31. The molecule has 0 radical (unpaired) electrons. The molecule has 0 unspecified atom stereocenters. The molecule has 8 heteroatoms. The van der Waals surface area contributed by atoms with Gasteiger partial charge in [0.2, 0.25) is 0 Å². The molecule has 0 spiro atoms. The number of rotatable bonds is 6. The second-order valence-electron chi connectivity index (χ2n) is 2.90. The van der Waals surface area contributed by atoms with Crippen molar-refractivity contribution in [3.8, 4) is 0 Å². The maximum absolute atomic E-state index is 10.4. The molecule has 7 N–H and O–H groups in total. The first-order chi connectivity index (χ1) is 6.93.